The van der Waals surface area contributed by atoms with Crippen LogP contribution < -0.4 is 16.3 Å². The quantitative estimate of drug-likeness (QED) is 0.514. The minimum Gasteiger partial charge on any atom is -0.388 e. The van der Waals surface area contributed by atoms with E-state index in [9.17, 15) is 19.5 Å². The van der Waals surface area contributed by atoms with Crippen LogP contribution >= 0.6 is 11.6 Å². The topological polar surface area (TPSA) is 115 Å². The normalized spacial score (nSPS) is 20.0. The lowest BCUT2D eigenvalue weighted by atomic mass is 9.94. The minimum atomic E-state index is -0.907. The van der Waals surface area contributed by atoms with Crippen LogP contribution in [0, 0.1) is 0 Å². The highest BCUT2D eigenvalue weighted by Gasteiger charge is 2.29. The molecule has 1 saturated heterocycles. The van der Waals surface area contributed by atoms with Crippen molar-refractivity contribution in [3.63, 3.8) is 0 Å². The second-order valence-electron chi connectivity index (χ2n) is 9.19. The molecule has 1 unspecified atom stereocenters. The summed E-state index contributed by atoms with van der Waals surface area (Å²) in [5.74, 6) is -0.668. The van der Waals surface area contributed by atoms with Crippen molar-refractivity contribution in [1.82, 2.24) is 19.8 Å². The van der Waals surface area contributed by atoms with Gasteiger partial charge in [-0.05, 0) is 37.5 Å². The second-order valence-corrected chi connectivity index (χ2v) is 9.60. The van der Waals surface area contributed by atoms with Crippen LogP contribution in [0.15, 0.2) is 35.4 Å². The minimum absolute atomic E-state index is 0.0290. The number of nitrogens with zero attached hydrogens (tertiary/aromatic N) is 2. The zero-order valence-electron chi connectivity index (χ0n) is 19.1. The van der Waals surface area contributed by atoms with Gasteiger partial charge < -0.3 is 20.5 Å². The molecule has 1 aliphatic carbocycles. The Bertz CT molecular complexity index is 1080. The molecule has 3 N–H and O–H groups in total. The van der Waals surface area contributed by atoms with E-state index in [0.717, 1.165) is 32.1 Å². The number of benzene rings is 1. The molecule has 2 aromatic rings. The van der Waals surface area contributed by atoms with Crippen molar-refractivity contribution >= 4 is 23.4 Å². The van der Waals surface area contributed by atoms with Crippen molar-refractivity contribution in [3.05, 3.63) is 51.7 Å². The van der Waals surface area contributed by atoms with Gasteiger partial charge in [-0.1, -0.05) is 37.3 Å². The highest BCUT2D eigenvalue weighted by molar-refractivity contribution is 6.33. The Morgan fingerprint density at radius 2 is 1.94 bits per heavy atom. The number of aromatic nitrogens is 2. The number of ether oxygens (including phenoxy) is 1. The number of imidazole rings is 1. The number of carbonyl (C=O) groups is 2. The first-order valence-corrected chi connectivity index (χ1v) is 12.2. The van der Waals surface area contributed by atoms with Crippen LogP contribution in [0.25, 0.3) is 5.69 Å². The Kier molecular flexibility index (Phi) is 7.75. The molecule has 1 aromatic heterocycles. The van der Waals surface area contributed by atoms with Crippen LogP contribution in [0.5, 0.6) is 0 Å². The molecule has 9 nitrogen and oxygen atoms in total. The summed E-state index contributed by atoms with van der Waals surface area (Å²) in [6.45, 7) is 1.15. The van der Waals surface area contributed by atoms with E-state index in [0.29, 0.717) is 31.7 Å². The third-order valence-corrected chi connectivity index (χ3v) is 6.87. The zero-order chi connectivity index (χ0) is 24.1. The van der Waals surface area contributed by atoms with Crippen molar-refractivity contribution in [3.8, 4) is 5.69 Å². The maximum absolute atomic E-state index is 12.9. The van der Waals surface area contributed by atoms with Gasteiger partial charge in [0.05, 0.1) is 34.5 Å². The number of hydrogen-bond acceptors (Lipinski definition) is 5. The summed E-state index contributed by atoms with van der Waals surface area (Å²) >= 11 is 6.28. The third-order valence-electron chi connectivity index (χ3n) is 6.54. The van der Waals surface area contributed by atoms with Gasteiger partial charge in [-0.15, -0.1) is 0 Å². The fraction of sp³-hybridized carbons (Fsp3) is 0.542. The number of carbonyl (C=O) groups excluding carboxylic acids is 2. The number of halogens is 1. The van der Waals surface area contributed by atoms with Crippen molar-refractivity contribution in [2.24, 2.45) is 0 Å². The maximum atomic E-state index is 12.9. The largest absolute Gasteiger partial charge is 0.388 e. The predicted octanol–water partition coefficient (Wildman–Crippen LogP) is 2.01. The van der Waals surface area contributed by atoms with Gasteiger partial charge in [0.15, 0.2) is 0 Å². The molecule has 2 heterocycles. The van der Waals surface area contributed by atoms with E-state index in [-0.39, 0.29) is 35.6 Å². The molecule has 1 aliphatic heterocycles. The molecular formula is C24H31ClN4O5. The summed E-state index contributed by atoms with van der Waals surface area (Å²) in [7, 11) is 0. The Hall–Kier alpha value is -2.62. The van der Waals surface area contributed by atoms with Gasteiger partial charge in [0.2, 0.25) is 5.91 Å². The van der Waals surface area contributed by atoms with Crippen LogP contribution in [-0.4, -0.2) is 57.5 Å². The SMILES string of the molecule is O=C(Cn1ccn(-c2ccc(Cl)c(C(=O)NCC3(O)CCCCCC3)c2)c1=O)NC1CCOC1. The lowest BCUT2D eigenvalue weighted by Gasteiger charge is -2.26. The molecule has 2 fully saturated rings. The smallest absolute Gasteiger partial charge is 0.333 e. The van der Waals surface area contributed by atoms with Crippen LogP contribution in [0.4, 0.5) is 0 Å². The molecule has 0 radical (unpaired) electrons. The fourth-order valence-corrected chi connectivity index (χ4v) is 4.75. The van der Waals surface area contributed by atoms with Gasteiger partial charge in [0.1, 0.15) is 6.54 Å². The van der Waals surface area contributed by atoms with Crippen LogP contribution in [-0.2, 0) is 16.1 Å². The average Bonchev–Trinajstić information content (AvgIpc) is 3.39. The van der Waals surface area contributed by atoms with Crippen molar-refractivity contribution in [2.75, 3.05) is 19.8 Å². The monoisotopic (exact) mass is 490 g/mol. The molecule has 4 rings (SSSR count). The molecule has 184 valence electrons. The Balaban J connectivity index is 1.44. The van der Waals surface area contributed by atoms with Crippen LogP contribution in [0.3, 0.4) is 0 Å². The fourth-order valence-electron chi connectivity index (χ4n) is 4.55. The average molecular weight is 491 g/mol. The number of aliphatic hydroxyl groups is 1. The molecule has 0 bridgehead atoms. The highest BCUT2D eigenvalue weighted by Crippen LogP contribution is 2.27. The van der Waals surface area contributed by atoms with Gasteiger partial charge in [-0.2, -0.15) is 0 Å². The summed E-state index contributed by atoms with van der Waals surface area (Å²) in [5.41, 5.74) is -0.638. The van der Waals surface area contributed by atoms with Gasteiger partial charge >= 0.3 is 5.69 Å². The zero-order valence-corrected chi connectivity index (χ0v) is 19.9. The number of nitrogens with one attached hydrogen (secondary N) is 2. The standard InChI is InChI=1S/C24H31ClN4O5/c25-20-6-5-18(13-19(20)22(31)26-16-24(33)8-3-1-2-4-9-24)29-11-10-28(23(29)32)14-21(30)27-17-7-12-34-15-17/h5-6,10-11,13,17,33H,1-4,7-9,12,14-16H2,(H,26,31)(H,27,30). The van der Waals surface area contributed by atoms with E-state index in [1.807, 2.05) is 0 Å². The van der Waals surface area contributed by atoms with Crippen LogP contribution in [0.2, 0.25) is 5.02 Å². The van der Waals surface area contributed by atoms with Gasteiger partial charge in [0.25, 0.3) is 5.91 Å². The van der Waals surface area contributed by atoms with Crippen LogP contribution in [0.1, 0.15) is 55.3 Å². The molecule has 0 spiro atoms. The molecule has 1 aromatic carbocycles. The Morgan fingerprint density at radius 3 is 2.65 bits per heavy atom. The molecule has 2 aliphatic rings. The molecular weight excluding hydrogens is 460 g/mol. The molecule has 10 heteroatoms. The first-order valence-electron chi connectivity index (χ1n) is 11.8. The summed E-state index contributed by atoms with van der Waals surface area (Å²) in [6, 6.07) is 4.71. The molecule has 1 saturated carbocycles. The summed E-state index contributed by atoms with van der Waals surface area (Å²) in [5, 5.41) is 16.7. The van der Waals surface area contributed by atoms with Crippen molar-refractivity contribution in [2.45, 2.75) is 63.1 Å². The van der Waals surface area contributed by atoms with E-state index >= 15 is 0 Å². The van der Waals surface area contributed by atoms with Gasteiger partial charge in [-0.25, -0.2) is 4.79 Å². The maximum Gasteiger partial charge on any atom is 0.333 e. The molecule has 1 atom stereocenters. The third kappa shape index (κ3) is 5.89. The molecule has 2 amide bonds. The van der Waals surface area contributed by atoms with Crippen molar-refractivity contribution in [1.29, 1.82) is 0 Å². The lowest BCUT2D eigenvalue weighted by Crippen LogP contribution is -2.42. The predicted molar refractivity (Wildman–Crippen MR) is 127 cm³/mol. The Labute approximate surface area is 203 Å². The summed E-state index contributed by atoms with van der Waals surface area (Å²) < 4.78 is 7.92. The number of amides is 2. The Morgan fingerprint density at radius 1 is 1.18 bits per heavy atom. The summed E-state index contributed by atoms with van der Waals surface area (Å²) in [6.07, 6.45) is 9.22. The van der Waals surface area contributed by atoms with Gasteiger partial charge in [-0.3, -0.25) is 18.7 Å². The van der Waals surface area contributed by atoms with E-state index in [1.165, 1.54) is 21.4 Å². The van der Waals surface area contributed by atoms with E-state index in [4.69, 9.17) is 16.3 Å². The lowest BCUT2D eigenvalue weighted by molar-refractivity contribution is -0.122. The first-order chi connectivity index (χ1) is 16.3. The van der Waals surface area contributed by atoms with Crippen molar-refractivity contribution < 1.29 is 19.4 Å². The van der Waals surface area contributed by atoms with E-state index in [1.54, 1.807) is 18.3 Å². The van der Waals surface area contributed by atoms with E-state index < -0.39 is 17.2 Å². The molecule has 34 heavy (non-hydrogen) atoms. The second kappa shape index (κ2) is 10.8. The van der Waals surface area contributed by atoms with E-state index in [2.05, 4.69) is 10.6 Å². The summed E-state index contributed by atoms with van der Waals surface area (Å²) in [4.78, 5) is 38.0. The first kappa shape index (κ1) is 24.5. The number of hydrogen-bond donors (Lipinski definition) is 3. The number of rotatable bonds is 7. The van der Waals surface area contributed by atoms with Gasteiger partial charge in [0, 0.05) is 25.5 Å². The highest BCUT2D eigenvalue weighted by atomic mass is 35.5.